The SMILES string of the molecule is CCCCc1cccn1C(Cc1ccc(OCCc2nc(-c3ccccc3)oc2C)cc1)C(=O)O. The first-order valence-corrected chi connectivity index (χ1v) is 12.2. The van der Waals surface area contributed by atoms with Crippen LogP contribution in [0.25, 0.3) is 11.5 Å². The first kappa shape index (κ1) is 24.3. The monoisotopic (exact) mass is 472 g/mol. The molecule has 4 aromatic rings. The van der Waals surface area contributed by atoms with E-state index >= 15 is 0 Å². The fourth-order valence-corrected chi connectivity index (χ4v) is 4.18. The Bertz CT molecular complexity index is 1230. The summed E-state index contributed by atoms with van der Waals surface area (Å²) >= 11 is 0. The van der Waals surface area contributed by atoms with Gasteiger partial charge in [-0.3, -0.25) is 0 Å². The second kappa shape index (κ2) is 11.6. The van der Waals surface area contributed by atoms with E-state index in [0.717, 1.165) is 53.3 Å². The fourth-order valence-electron chi connectivity index (χ4n) is 4.18. The molecule has 0 saturated heterocycles. The first-order valence-electron chi connectivity index (χ1n) is 12.2. The van der Waals surface area contributed by atoms with Gasteiger partial charge in [0.15, 0.2) is 0 Å². The molecule has 2 heterocycles. The molecule has 2 aromatic heterocycles. The number of oxazole rings is 1. The molecule has 0 fully saturated rings. The van der Waals surface area contributed by atoms with Crippen molar-refractivity contribution in [1.82, 2.24) is 9.55 Å². The topological polar surface area (TPSA) is 77.5 Å². The molecule has 4 rings (SSSR count). The number of nitrogens with zero attached hydrogens (tertiary/aromatic N) is 2. The Kier molecular flexibility index (Phi) is 8.03. The van der Waals surface area contributed by atoms with E-state index in [1.54, 1.807) is 0 Å². The van der Waals surface area contributed by atoms with E-state index in [-0.39, 0.29) is 0 Å². The van der Waals surface area contributed by atoms with Crippen molar-refractivity contribution in [2.45, 2.75) is 52.0 Å². The molecule has 0 radical (unpaired) electrons. The Hall–Kier alpha value is -3.80. The Morgan fingerprint density at radius 1 is 1.06 bits per heavy atom. The number of aryl methyl sites for hydroxylation is 2. The van der Waals surface area contributed by atoms with E-state index in [1.165, 1.54) is 0 Å². The van der Waals surface area contributed by atoms with Crippen LogP contribution in [-0.2, 0) is 24.1 Å². The lowest BCUT2D eigenvalue weighted by Gasteiger charge is -2.18. The molecule has 6 nitrogen and oxygen atoms in total. The van der Waals surface area contributed by atoms with Crippen LogP contribution in [0.3, 0.4) is 0 Å². The zero-order valence-electron chi connectivity index (χ0n) is 20.3. The highest BCUT2D eigenvalue weighted by molar-refractivity contribution is 5.72. The highest BCUT2D eigenvalue weighted by Crippen LogP contribution is 2.23. The second-order valence-electron chi connectivity index (χ2n) is 8.70. The Labute approximate surface area is 206 Å². The number of aliphatic carboxylic acids is 1. The second-order valence-corrected chi connectivity index (χ2v) is 8.70. The molecule has 0 saturated carbocycles. The van der Waals surface area contributed by atoms with Gasteiger partial charge >= 0.3 is 5.97 Å². The van der Waals surface area contributed by atoms with E-state index in [0.29, 0.717) is 25.3 Å². The van der Waals surface area contributed by atoms with E-state index in [9.17, 15) is 9.90 Å². The van der Waals surface area contributed by atoms with Crippen LogP contribution in [0.2, 0.25) is 0 Å². The maximum Gasteiger partial charge on any atom is 0.327 e. The maximum absolute atomic E-state index is 12.0. The van der Waals surface area contributed by atoms with E-state index in [1.807, 2.05) is 84.4 Å². The third-order valence-corrected chi connectivity index (χ3v) is 6.15. The van der Waals surface area contributed by atoms with Crippen LogP contribution >= 0.6 is 0 Å². The van der Waals surface area contributed by atoms with Crippen molar-refractivity contribution in [3.63, 3.8) is 0 Å². The lowest BCUT2D eigenvalue weighted by atomic mass is 10.0. The number of carbonyl (C=O) groups is 1. The third-order valence-electron chi connectivity index (χ3n) is 6.15. The van der Waals surface area contributed by atoms with Gasteiger partial charge in [0.2, 0.25) is 5.89 Å². The summed E-state index contributed by atoms with van der Waals surface area (Å²) in [6, 6.07) is 20.8. The van der Waals surface area contributed by atoms with Gasteiger partial charge in [0.05, 0.1) is 12.3 Å². The molecule has 0 aliphatic rings. The van der Waals surface area contributed by atoms with Crippen LogP contribution in [0, 0.1) is 6.92 Å². The molecule has 1 unspecified atom stereocenters. The van der Waals surface area contributed by atoms with Crippen molar-refractivity contribution in [1.29, 1.82) is 0 Å². The molecular weight excluding hydrogens is 440 g/mol. The zero-order valence-corrected chi connectivity index (χ0v) is 20.3. The van der Waals surface area contributed by atoms with Gasteiger partial charge in [-0.2, -0.15) is 0 Å². The molecule has 1 N–H and O–H groups in total. The highest BCUT2D eigenvalue weighted by atomic mass is 16.5. The van der Waals surface area contributed by atoms with Crippen LogP contribution in [0.4, 0.5) is 0 Å². The van der Waals surface area contributed by atoms with Crippen molar-refractivity contribution in [2.24, 2.45) is 0 Å². The van der Waals surface area contributed by atoms with Crippen LogP contribution < -0.4 is 4.74 Å². The number of rotatable bonds is 12. The number of ether oxygens (including phenoxy) is 1. The minimum atomic E-state index is -0.822. The molecule has 0 aliphatic carbocycles. The number of aromatic nitrogens is 2. The van der Waals surface area contributed by atoms with Gasteiger partial charge in [0, 0.05) is 30.3 Å². The van der Waals surface area contributed by atoms with Crippen molar-refractivity contribution in [3.8, 4) is 17.2 Å². The summed E-state index contributed by atoms with van der Waals surface area (Å²) in [5, 5.41) is 9.87. The smallest absolute Gasteiger partial charge is 0.327 e. The molecule has 0 aliphatic heterocycles. The van der Waals surface area contributed by atoms with Crippen LogP contribution in [-0.4, -0.2) is 27.2 Å². The molecule has 0 spiro atoms. The van der Waals surface area contributed by atoms with E-state index in [2.05, 4.69) is 11.9 Å². The summed E-state index contributed by atoms with van der Waals surface area (Å²) in [6.07, 6.45) is 5.94. The van der Waals surface area contributed by atoms with E-state index in [4.69, 9.17) is 9.15 Å². The predicted molar refractivity (Wildman–Crippen MR) is 136 cm³/mol. The number of hydrogen-bond acceptors (Lipinski definition) is 4. The molecule has 1 atom stereocenters. The van der Waals surface area contributed by atoms with Gasteiger partial charge in [-0.25, -0.2) is 9.78 Å². The van der Waals surface area contributed by atoms with Crippen molar-refractivity contribution < 1.29 is 19.1 Å². The van der Waals surface area contributed by atoms with Gasteiger partial charge in [-0.05, 0) is 61.7 Å². The van der Waals surface area contributed by atoms with E-state index < -0.39 is 12.0 Å². The highest BCUT2D eigenvalue weighted by Gasteiger charge is 2.21. The molecule has 35 heavy (non-hydrogen) atoms. The number of carboxylic acids is 1. The van der Waals surface area contributed by atoms with Crippen molar-refractivity contribution >= 4 is 5.97 Å². The van der Waals surface area contributed by atoms with Gasteiger partial charge in [0.25, 0.3) is 0 Å². The summed E-state index contributed by atoms with van der Waals surface area (Å²) in [7, 11) is 0. The summed E-state index contributed by atoms with van der Waals surface area (Å²) in [4.78, 5) is 16.7. The number of benzene rings is 2. The van der Waals surface area contributed by atoms with Gasteiger partial charge < -0.3 is 18.8 Å². The average Bonchev–Trinajstić information content (AvgIpc) is 3.49. The third kappa shape index (κ3) is 6.21. The lowest BCUT2D eigenvalue weighted by Crippen LogP contribution is -2.22. The van der Waals surface area contributed by atoms with Crippen LogP contribution in [0.1, 0.15) is 48.5 Å². The predicted octanol–water partition coefficient (Wildman–Crippen LogP) is 6.28. The molecule has 0 bridgehead atoms. The molecule has 6 heteroatoms. The average molecular weight is 473 g/mol. The summed E-state index contributed by atoms with van der Waals surface area (Å²) in [5.41, 5.74) is 3.86. The molecular formula is C29H32N2O4. The summed E-state index contributed by atoms with van der Waals surface area (Å²) < 4.78 is 13.6. The fraction of sp³-hybridized carbons (Fsp3) is 0.310. The van der Waals surface area contributed by atoms with Gasteiger partial charge in [-0.1, -0.05) is 43.7 Å². The van der Waals surface area contributed by atoms with Gasteiger partial charge in [-0.15, -0.1) is 0 Å². The Morgan fingerprint density at radius 2 is 1.83 bits per heavy atom. The maximum atomic E-state index is 12.0. The first-order chi connectivity index (χ1) is 17.0. The number of carboxylic acid groups (broad SMARTS) is 1. The quantitative estimate of drug-likeness (QED) is 0.262. The Balaban J connectivity index is 1.34. The molecule has 0 amide bonds. The number of unbranched alkanes of at least 4 members (excludes halogenated alkanes) is 1. The summed E-state index contributed by atoms with van der Waals surface area (Å²) in [5.74, 6) is 1.34. The van der Waals surface area contributed by atoms with Crippen LogP contribution in [0.15, 0.2) is 77.3 Å². The van der Waals surface area contributed by atoms with Gasteiger partial charge in [0.1, 0.15) is 17.6 Å². The number of hydrogen-bond donors (Lipinski definition) is 1. The minimum absolute atomic E-state index is 0.420. The normalized spacial score (nSPS) is 11.9. The summed E-state index contributed by atoms with van der Waals surface area (Å²) in [6.45, 7) is 4.53. The molecule has 182 valence electrons. The largest absolute Gasteiger partial charge is 0.493 e. The lowest BCUT2D eigenvalue weighted by molar-refractivity contribution is -0.140. The van der Waals surface area contributed by atoms with Crippen molar-refractivity contribution in [2.75, 3.05) is 6.61 Å². The van der Waals surface area contributed by atoms with Crippen molar-refractivity contribution in [3.05, 3.63) is 95.6 Å². The standard InChI is InChI=1S/C29H32N2O4/c1-3-4-11-24-12-8-18-31(24)27(29(32)33)20-22-13-15-25(16-14-22)34-19-17-26-21(2)35-28(30-26)23-9-6-5-7-10-23/h5-10,12-16,18,27H,3-4,11,17,19-20H2,1-2H3,(H,32,33). The molecule has 2 aromatic carbocycles. The Morgan fingerprint density at radius 3 is 2.54 bits per heavy atom. The zero-order chi connectivity index (χ0) is 24.6. The van der Waals surface area contributed by atoms with Crippen LogP contribution in [0.5, 0.6) is 5.75 Å². The minimum Gasteiger partial charge on any atom is -0.493 e.